The van der Waals surface area contributed by atoms with Gasteiger partial charge in [0.05, 0.1) is 57.2 Å². The molecule has 4 heterocycles. The molecule has 0 aromatic heterocycles. The van der Waals surface area contributed by atoms with Gasteiger partial charge >= 0.3 is 18.0 Å². The number of nitrogens with one attached hydrogen (secondary N) is 2. The number of cyclic esters (lactones) is 1. The monoisotopic (exact) mass is 1060 g/mol. The van der Waals surface area contributed by atoms with Crippen molar-refractivity contribution >= 4 is 46.8 Å². The maximum Gasteiger partial charge on any atom is 0.329 e. The predicted octanol–water partition coefficient (Wildman–Crippen LogP) is 7.59. The van der Waals surface area contributed by atoms with Gasteiger partial charge in [-0.15, -0.1) is 0 Å². The first-order valence-corrected chi connectivity index (χ1v) is 26.7. The normalized spacial score (nSPS) is 21.9. The molecular formula is C63H64N6O10. The fraction of sp³-hybridized carbons (Fsp3) is 0.317. The van der Waals surface area contributed by atoms with E-state index in [1.165, 1.54) is 7.11 Å². The van der Waals surface area contributed by atoms with Crippen LogP contribution in [0.3, 0.4) is 0 Å². The van der Waals surface area contributed by atoms with Gasteiger partial charge in [0, 0.05) is 36.6 Å². The van der Waals surface area contributed by atoms with Crippen LogP contribution in [0.4, 0.5) is 21.9 Å². The van der Waals surface area contributed by atoms with Gasteiger partial charge in [0.15, 0.2) is 0 Å². The maximum atomic E-state index is 16.9. The fourth-order valence-electron chi connectivity index (χ4n) is 11.8. The Morgan fingerprint density at radius 2 is 1.48 bits per heavy atom. The van der Waals surface area contributed by atoms with Gasteiger partial charge in [-0.25, -0.2) is 14.5 Å². The van der Waals surface area contributed by atoms with Gasteiger partial charge in [0.1, 0.15) is 36.0 Å². The average Bonchev–Trinajstić information content (AvgIpc) is 4.17. The number of anilines is 3. The molecule has 16 nitrogen and oxygen atoms in total. The van der Waals surface area contributed by atoms with Crippen LogP contribution >= 0.6 is 0 Å². The van der Waals surface area contributed by atoms with Crippen LogP contribution in [-0.4, -0.2) is 117 Å². The third kappa shape index (κ3) is 10.7. The Morgan fingerprint density at radius 3 is 2.15 bits per heavy atom. The van der Waals surface area contributed by atoms with Gasteiger partial charge in [-0.05, 0) is 95.4 Å². The first-order valence-electron chi connectivity index (χ1n) is 26.7. The number of urea groups is 1. The Bertz CT molecular complexity index is 3240. The van der Waals surface area contributed by atoms with Crippen molar-refractivity contribution in [2.45, 2.75) is 56.1 Å². The first-order chi connectivity index (χ1) is 38.4. The minimum absolute atomic E-state index is 0.0501. The van der Waals surface area contributed by atoms with Gasteiger partial charge in [-0.3, -0.25) is 24.2 Å². The molecule has 3 saturated heterocycles. The second-order valence-electron chi connectivity index (χ2n) is 20.6. The summed E-state index contributed by atoms with van der Waals surface area (Å²) in [6.45, 7) is 6.70. The quantitative estimate of drug-likeness (QED) is 0.0678. The molecule has 406 valence electrons. The van der Waals surface area contributed by atoms with Crippen molar-refractivity contribution in [3.63, 3.8) is 0 Å². The fourth-order valence-corrected chi connectivity index (χ4v) is 11.8. The minimum Gasteiger partial charge on any atom is -0.491 e. The number of amides is 4. The van der Waals surface area contributed by atoms with Crippen LogP contribution in [0.1, 0.15) is 65.4 Å². The van der Waals surface area contributed by atoms with Crippen LogP contribution in [0.25, 0.3) is 0 Å². The van der Waals surface area contributed by atoms with E-state index in [0.29, 0.717) is 67.5 Å². The zero-order valence-corrected chi connectivity index (χ0v) is 44.6. The molecular weight excluding hydrogens is 1000 g/mol. The number of benzene rings is 6. The number of methoxy groups -OCH3 is 1. The number of morpholine rings is 2. The van der Waals surface area contributed by atoms with E-state index in [-0.39, 0.29) is 24.5 Å². The Balaban J connectivity index is 1.22. The zero-order valence-electron chi connectivity index (χ0n) is 44.6. The number of fused-ring (bicyclic) bond motifs is 3. The second-order valence-corrected chi connectivity index (χ2v) is 20.6. The number of aliphatic hydroxyl groups excluding tert-OH is 1. The number of aliphatic hydroxyl groups is 1. The van der Waals surface area contributed by atoms with Crippen LogP contribution < -0.4 is 25.2 Å². The van der Waals surface area contributed by atoms with Crippen molar-refractivity contribution < 1.29 is 48.0 Å². The number of carbonyl (C=O) groups excluding carboxylic acids is 5. The molecule has 3 N–H and O–H groups in total. The lowest BCUT2D eigenvalue weighted by molar-refractivity contribution is -0.177. The van der Waals surface area contributed by atoms with Gasteiger partial charge in [-0.2, -0.15) is 0 Å². The highest BCUT2D eigenvalue weighted by Crippen LogP contribution is 2.66. The summed E-state index contributed by atoms with van der Waals surface area (Å²) < 4.78 is 23.5. The summed E-state index contributed by atoms with van der Waals surface area (Å²) in [5.74, 6) is 1.86. The van der Waals surface area contributed by atoms with Gasteiger partial charge < -0.3 is 39.6 Å². The zero-order chi connectivity index (χ0) is 55.2. The third-order valence-corrected chi connectivity index (χ3v) is 15.3. The summed E-state index contributed by atoms with van der Waals surface area (Å²) in [5, 5.41) is 15.9. The summed E-state index contributed by atoms with van der Waals surface area (Å²) in [6.07, 6.45) is -0.970. The summed E-state index contributed by atoms with van der Waals surface area (Å²) in [4.78, 5) is 84.8. The molecule has 3 fully saturated rings. The van der Waals surface area contributed by atoms with Crippen molar-refractivity contribution in [3.8, 4) is 17.6 Å². The SMILES string of the molecule is COC(=O)[C@@H](NC(=O)N1C(=O)[C@@]2(c3cc(C#CCN(C)Cc4ccccc4)ccc31)[C@H](C(=O)Nc1ccc(N3CCOCC3)cc1)[C@H]1C(=O)O[C@H](c3ccccc3)[C@H](c3ccccc3)N1[C@@H]2c1cccc(OCCO)c1)C(C)C. The summed E-state index contributed by atoms with van der Waals surface area (Å²) >= 11 is 0. The van der Waals surface area contributed by atoms with Crippen LogP contribution in [0, 0.1) is 23.7 Å². The Labute approximate surface area is 460 Å². The molecule has 0 unspecified atom stereocenters. The van der Waals surface area contributed by atoms with Crippen molar-refractivity contribution in [2.75, 3.05) is 75.3 Å². The van der Waals surface area contributed by atoms with E-state index in [2.05, 4.69) is 32.3 Å². The van der Waals surface area contributed by atoms with Crippen molar-refractivity contribution in [3.05, 3.63) is 191 Å². The molecule has 4 aliphatic heterocycles. The van der Waals surface area contributed by atoms with E-state index in [4.69, 9.17) is 18.9 Å². The molecule has 79 heavy (non-hydrogen) atoms. The molecule has 0 saturated carbocycles. The van der Waals surface area contributed by atoms with Crippen LogP contribution in [-0.2, 0) is 45.3 Å². The summed E-state index contributed by atoms with van der Waals surface area (Å²) in [7, 11) is 3.19. The molecule has 7 atom stereocenters. The lowest BCUT2D eigenvalue weighted by Crippen LogP contribution is -2.57. The second kappa shape index (κ2) is 23.7. The number of imide groups is 1. The van der Waals surface area contributed by atoms with Crippen LogP contribution in [0.5, 0.6) is 5.75 Å². The first kappa shape index (κ1) is 54.0. The number of esters is 2. The molecule has 0 bridgehead atoms. The molecule has 16 heteroatoms. The van der Waals surface area contributed by atoms with E-state index in [9.17, 15) is 9.90 Å². The smallest absolute Gasteiger partial charge is 0.329 e. The standard InChI is InChI=1S/C63H64N6O10/c1-41(2)53(59(72)76-4)65-62(75)68-51-30-25-42(18-15-31-66(3)40-43-16-8-5-9-17-43)38-50(51)63(61(68)74)52(58(71)64-47-26-28-48(29-27-47)67-32-35-77-36-33-67)55-60(73)79-56(45-21-12-7-13-22-45)54(44-19-10-6-11-20-44)69(55)57(63)46-23-14-24-49(39-46)78-37-34-70/h5-14,16-17,19-30,38-39,41,52-57,70H,31-37,40H2,1-4H3,(H,64,71)(H,65,75)/t52-,53-,54-,55-,56+,57+,63-/m0/s1. The molecule has 10 rings (SSSR count). The Kier molecular flexibility index (Phi) is 16.2. The number of rotatable bonds is 15. The highest BCUT2D eigenvalue weighted by Gasteiger charge is 2.75. The highest BCUT2D eigenvalue weighted by atomic mass is 16.6. The molecule has 0 aliphatic carbocycles. The highest BCUT2D eigenvalue weighted by molar-refractivity contribution is 6.25. The number of nitrogens with zero attached hydrogens (tertiary/aromatic N) is 4. The molecule has 4 amide bonds. The molecule has 4 aliphatic rings. The summed E-state index contributed by atoms with van der Waals surface area (Å²) in [6, 6.07) is 42.7. The number of ether oxygens (including phenoxy) is 4. The molecule has 0 radical (unpaired) electrons. The average molecular weight is 1070 g/mol. The van der Waals surface area contributed by atoms with Crippen LogP contribution in [0.15, 0.2) is 158 Å². The Hall–Kier alpha value is -8.33. The molecule has 6 aromatic carbocycles. The third-order valence-electron chi connectivity index (χ3n) is 15.3. The van der Waals surface area contributed by atoms with E-state index in [1.54, 1.807) is 62.4 Å². The summed E-state index contributed by atoms with van der Waals surface area (Å²) in [5.41, 5.74) is 2.98. The largest absolute Gasteiger partial charge is 0.491 e. The number of hydrogen-bond donors (Lipinski definition) is 3. The molecule has 6 aromatic rings. The minimum atomic E-state index is -2.15. The lowest BCUT2D eigenvalue weighted by atomic mass is 9.65. The van der Waals surface area contributed by atoms with E-state index >= 15 is 19.2 Å². The number of hydrogen-bond acceptors (Lipinski definition) is 13. The topological polar surface area (TPSA) is 180 Å². The van der Waals surface area contributed by atoms with E-state index in [0.717, 1.165) is 21.7 Å². The lowest BCUT2D eigenvalue weighted by Gasteiger charge is -2.46. The van der Waals surface area contributed by atoms with E-state index < -0.39 is 77.3 Å². The van der Waals surface area contributed by atoms with Crippen molar-refractivity contribution in [1.82, 2.24) is 15.1 Å². The maximum absolute atomic E-state index is 16.9. The predicted molar refractivity (Wildman–Crippen MR) is 298 cm³/mol. The molecule has 1 spiro atoms. The number of carbonyl (C=O) groups is 5. The van der Waals surface area contributed by atoms with Gasteiger partial charge in [0.2, 0.25) is 11.8 Å². The van der Waals surface area contributed by atoms with E-state index in [1.807, 2.05) is 121 Å². The van der Waals surface area contributed by atoms with Gasteiger partial charge in [0.25, 0.3) is 0 Å². The van der Waals surface area contributed by atoms with Crippen molar-refractivity contribution in [2.24, 2.45) is 11.8 Å². The van der Waals surface area contributed by atoms with Crippen LogP contribution in [0.2, 0.25) is 0 Å². The van der Waals surface area contributed by atoms with Crippen molar-refractivity contribution in [1.29, 1.82) is 0 Å². The van der Waals surface area contributed by atoms with Gasteiger partial charge in [-0.1, -0.05) is 129 Å². The Morgan fingerprint density at radius 1 is 0.810 bits per heavy atom.